The van der Waals surface area contributed by atoms with Crippen molar-refractivity contribution in [1.82, 2.24) is 5.32 Å². The molecule has 0 saturated carbocycles. The lowest BCUT2D eigenvalue weighted by atomic mass is 9.99. The Balaban J connectivity index is 2.36. The molecule has 9 heteroatoms. The Kier molecular flexibility index (Phi) is 35.9. The van der Waals surface area contributed by atoms with Crippen LogP contribution in [0.15, 0.2) is 72.9 Å². The molecule has 0 aromatic heterocycles. The van der Waals surface area contributed by atoms with Crippen LogP contribution in [0, 0.1) is 0 Å². The van der Waals surface area contributed by atoms with E-state index in [1.165, 1.54) is 77.0 Å². The summed E-state index contributed by atoms with van der Waals surface area (Å²) in [5.41, 5.74) is 0. The van der Waals surface area contributed by atoms with Gasteiger partial charge in [0, 0.05) is 6.42 Å². The highest BCUT2D eigenvalue weighted by Gasteiger charge is 2.44. The second-order valence-corrected chi connectivity index (χ2v) is 15.8. The molecule has 0 aromatic rings. The molecule has 58 heavy (non-hydrogen) atoms. The van der Waals surface area contributed by atoms with E-state index in [0.717, 1.165) is 77.0 Å². The fraction of sp³-hybridized carbons (Fsp3) is 0.735. The second-order valence-electron chi connectivity index (χ2n) is 15.8. The highest BCUT2D eigenvalue weighted by atomic mass is 16.7. The first kappa shape index (κ1) is 53.6. The molecule has 0 aromatic carbocycles. The Labute approximate surface area is 353 Å². The zero-order valence-electron chi connectivity index (χ0n) is 36.5. The smallest absolute Gasteiger partial charge is 0.220 e. The van der Waals surface area contributed by atoms with E-state index in [1.807, 2.05) is 6.08 Å². The quantitative estimate of drug-likeness (QED) is 0.0268. The largest absolute Gasteiger partial charge is 0.394 e. The minimum Gasteiger partial charge on any atom is -0.394 e. The van der Waals surface area contributed by atoms with E-state index in [4.69, 9.17) is 9.47 Å². The van der Waals surface area contributed by atoms with Gasteiger partial charge in [-0.05, 0) is 70.6 Å². The van der Waals surface area contributed by atoms with Crippen molar-refractivity contribution < 1.29 is 39.8 Å². The lowest BCUT2D eigenvalue weighted by Crippen LogP contribution is -2.60. The average Bonchev–Trinajstić information content (AvgIpc) is 3.22. The molecule has 1 saturated heterocycles. The molecule has 0 radical (unpaired) electrons. The first-order valence-corrected chi connectivity index (χ1v) is 23.2. The van der Waals surface area contributed by atoms with Gasteiger partial charge in [-0.3, -0.25) is 4.79 Å². The van der Waals surface area contributed by atoms with E-state index in [0.29, 0.717) is 6.42 Å². The third kappa shape index (κ3) is 29.0. The maximum absolute atomic E-state index is 13.0. The van der Waals surface area contributed by atoms with Gasteiger partial charge >= 0.3 is 0 Å². The van der Waals surface area contributed by atoms with Crippen LogP contribution >= 0.6 is 0 Å². The molecule has 6 N–H and O–H groups in total. The number of aliphatic hydroxyl groups excluding tert-OH is 5. The van der Waals surface area contributed by atoms with Crippen molar-refractivity contribution in [3.8, 4) is 0 Å². The minimum atomic E-state index is -1.58. The number of nitrogens with one attached hydrogen (secondary N) is 1. The maximum Gasteiger partial charge on any atom is 0.220 e. The monoisotopic (exact) mass is 816 g/mol. The van der Waals surface area contributed by atoms with Crippen LogP contribution in [-0.2, 0) is 14.3 Å². The van der Waals surface area contributed by atoms with Crippen molar-refractivity contribution in [2.45, 2.75) is 217 Å². The van der Waals surface area contributed by atoms with Gasteiger partial charge in [0.2, 0.25) is 5.91 Å². The lowest BCUT2D eigenvalue weighted by molar-refractivity contribution is -0.302. The summed E-state index contributed by atoms with van der Waals surface area (Å²) in [5, 5.41) is 54.1. The number of amides is 1. The van der Waals surface area contributed by atoms with Crippen molar-refractivity contribution in [2.24, 2.45) is 0 Å². The van der Waals surface area contributed by atoms with Gasteiger partial charge in [-0.1, -0.05) is 170 Å². The number of aliphatic hydroxyl groups is 5. The van der Waals surface area contributed by atoms with E-state index < -0.39 is 49.5 Å². The van der Waals surface area contributed by atoms with Crippen LogP contribution in [-0.4, -0.2) is 87.5 Å². The molecule has 7 unspecified atom stereocenters. The summed E-state index contributed by atoms with van der Waals surface area (Å²) in [4.78, 5) is 13.0. The van der Waals surface area contributed by atoms with Crippen molar-refractivity contribution in [3.05, 3.63) is 72.9 Å². The van der Waals surface area contributed by atoms with Gasteiger partial charge < -0.3 is 40.3 Å². The Hall–Kier alpha value is -2.37. The highest BCUT2D eigenvalue weighted by molar-refractivity contribution is 5.76. The Morgan fingerprint density at radius 3 is 1.66 bits per heavy atom. The van der Waals surface area contributed by atoms with E-state index >= 15 is 0 Å². The summed E-state index contributed by atoms with van der Waals surface area (Å²) >= 11 is 0. The van der Waals surface area contributed by atoms with Gasteiger partial charge in [-0.2, -0.15) is 0 Å². The minimum absolute atomic E-state index is 0.199. The molecule has 334 valence electrons. The SMILES string of the molecule is CC/C=C\C/C=C\C/C=C\C/C=C\CCCCCCCCCCC(=O)NC(COC1OC(CO)C(O)C(O)C1O)C(O)/C=C/CC/C=C/CCCCCCCCCC. The number of carbonyl (C=O) groups excluding carboxylic acids is 1. The van der Waals surface area contributed by atoms with Gasteiger partial charge in [0.25, 0.3) is 0 Å². The predicted molar refractivity (Wildman–Crippen MR) is 239 cm³/mol. The number of allylic oxidation sites excluding steroid dienone is 11. The summed E-state index contributed by atoms with van der Waals surface area (Å²) < 4.78 is 11.2. The van der Waals surface area contributed by atoms with Gasteiger partial charge in [0.1, 0.15) is 24.4 Å². The Bertz CT molecular complexity index is 1130. The number of rotatable bonds is 37. The zero-order valence-corrected chi connectivity index (χ0v) is 36.5. The molecule has 0 aliphatic carbocycles. The average molecular weight is 816 g/mol. The third-order valence-electron chi connectivity index (χ3n) is 10.5. The first-order valence-electron chi connectivity index (χ1n) is 23.2. The standard InChI is InChI=1S/C49H85NO8/c1-3-5-7-9-11-13-15-17-19-20-21-22-23-24-25-27-29-31-33-35-37-39-45(53)50-42(41-57-49-48(56)47(55)46(54)44(40-51)58-49)43(52)38-36-34-32-30-28-26-18-16-14-12-10-8-6-4-2/h5,7,11,13,17,19,21-22,28,30,36,38,42-44,46-49,51-52,54-56H,3-4,6,8-10,12,14-16,18,20,23-27,29,31-35,37,39-41H2,1-2H3,(H,50,53)/b7-5-,13-11-,19-17-,22-21-,30-28+,38-36+. The molecule has 1 aliphatic heterocycles. The molecule has 0 bridgehead atoms. The van der Waals surface area contributed by atoms with Crippen LogP contribution in [0.3, 0.4) is 0 Å². The van der Waals surface area contributed by atoms with Gasteiger partial charge in [-0.15, -0.1) is 0 Å². The lowest BCUT2D eigenvalue weighted by Gasteiger charge is -2.40. The van der Waals surface area contributed by atoms with Crippen LogP contribution in [0.2, 0.25) is 0 Å². The van der Waals surface area contributed by atoms with E-state index in [-0.39, 0.29) is 12.5 Å². The molecule has 1 aliphatic rings. The van der Waals surface area contributed by atoms with Crippen LogP contribution in [0.1, 0.15) is 174 Å². The van der Waals surface area contributed by atoms with E-state index in [1.54, 1.807) is 6.08 Å². The number of hydrogen-bond donors (Lipinski definition) is 6. The van der Waals surface area contributed by atoms with E-state index in [2.05, 4.69) is 79.9 Å². The zero-order chi connectivity index (χ0) is 42.3. The molecule has 0 spiro atoms. The van der Waals surface area contributed by atoms with Crippen molar-refractivity contribution >= 4 is 5.91 Å². The van der Waals surface area contributed by atoms with Crippen LogP contribution in [0.4, 0.5) is 0 Å². The number of unbranched alkanes of at least 4 members (excludes halogenated alkanes) is 17. The molecule has 7 atom stereocenters. The summed E-state index contributed by atoms with van der Waals surface area (Å²) in [6.45, 7) is 3.62. The Morgan fingerprint density at radius 2 is 1.09 bits per heavy atom. The number of carbonyl (C=O) groups is 1. The predicted octanol–water partition coefficient (Wildman–Crippen LogP) is 9.78. The fourth-order valence-electron chi connectivity index (χ4n) is 6.81. The van der Waals surface area contributed by atoms with Crippen LogP contribution in [0.5, 0.6) is 0 Å². The maximum atomic E-state index is 13.0. The molecular weight excluding hydrogens is 731 g/mol. The van der Waals surface area contributed by atoms with Crippen LogP contribution in [0.25, 0.3) is 0 Å². The first-order chi connectivity index (χ1) is 28.3. The normalized spacial score (nSPS) is 21.5. The second kappa shape index (κ2) is 38.8. The van der Waals surface area contributed by atoms with Gasteiger partial charge in [-0.25, -0.2) is 0 Å². The van der Waals surface area contributed by atoms with Crippen molar-refractivity contribution in [1.29, 1.82) is 0 Å². The summed E-state index contributed by atoms with van der Waals surface area (Å²) in [6, 6.07) is -0.828. The van der Waals surface area contributed by atoms with Crippen LogP contribution < -0.4 is 5.32 Å². The molecule has 1 amide bonds. The fourth-order valence-corrected chi connectivity index (χ4v) is 6.81. The number of hydrogen-bond acceptors (Lipinski definition) is 8. The van der Waals surface area contributed by atoms with E-state index in [9.17, 15) is 30.3 Å². The van der Waals surface area contributed by atoms with Gasteiger partial charge in [0.05, 0.1) is 25.4 Å². The molecular formula is C49H85NO8. The number of ether oxygens (including phenoxy) is 2. The van der Waals surface area contributed by atoms with Crippen molar-refractivity contribution in [2.75, 3.05) is 13.2 Å². The summed E-state index contributed by atoms with van der Waals surface area (Å²) in [7, 11) is 0. The molecule has 1 fully saturated rings. The molecule has 9 nitrogen and oxygen atoms in total. The highest BCUT2D eigenvalue weighted by Crippen LogP contribution is 2.22. The summed E-state index contributed by atoms with van der Waals surface area (Å²) in [6.07, 6.45) is 45.1. The van der Waals surface area contributed by atoms with Gasteiger partial charge in [0.15, 0.2) is 6.29 Å². The molecule has 1 heterocycles. The third-order valence-corrected chi connectivity index (χ3v) is 10.5. The summed E-state index contributed by atoms with van der Waals surface area (Å²) in [5.74, 6) is -0.199. The Morgan fingerprint density at radius 1 is 0.603 bits per heavy atom. The molecule has 1 rings (SSSR count). The topological polar surface area (TPSA) is 149 Å². The van der Waals surface area contributed by atoms with Crippen molar-refractivity contribution in [3.63, 3.8) is 0 Å².